The van der Waals surface area contributed by atoms with E-state index in [1.165, 1.54) is 33.4 Å². The summed E-state index contributed by atoms with van der Waals surface area (Å²) in [5, 5.41) is 17.5. The van der Waals surface area contributed by atoms with Crippen LogP contribution in [0.4, 0.5) is 0 Å². The first-order valence-electron chi connectivity index (χ1n) is 11.3. The Hall–Kier alpha value is -2.33. The number of hydrogen-bond acceptors (Lipinski definition) is 5. The molecule has 0 atom stereocenters. The van der Waals surface area contributed by atoms with Crippen LogP contribution in [0.15, 0.2) is 30.5 Å². The predicted octanol–water partition coefficient (Wildman–Crippen LogP) is 3.73. The number of aromatic amines is 1. The van der Waals surface area contributed by atoms with E-state index < -0.39 is 0 Å². The first kappa shape index (κ1) is 28.7. The van der Waals surface area contributed by atoms with Crippen molar-refractivity contribution in [1.29, 1.82) is 5.26 Å². The first-order valence-corrected chi connectivity index (χ1v) is 11.3. The smallest absolute Gasteiger partial charge is 0.0462 e. The third-order valence-corrected chi connectivity index (χ3v) is 5.13. The molecule has 0 unspecified atom stereocenters. The van der Waals surface area contributed by atoms with Crippen molar-refractivity contribution in [2.45, 2.75) is 40.5 Å². The Balaban J connectivity index is 0.000000510. The van der Waals surface area contributed by atoms with E-state index >= 15 is 0 Å². The van der Waals surface area contributed by atoms with Gasteiger partial charge in [0.1, 0.15) is 0 Å². The van der Waals surface area contributed by atoms with Crippen LogP contribution in [0.1, 0.15) is 37.1 Å². The summed E-state index contributed by atoms with van der Waals surface area (Å²) < 4.78 is 0. The number of fused-ring (bicyclic) bond motifs is 1. The molecule has 4 N–H and O–H groups in total. The van der Waals surface area contributed by atoms with E-state index in [9.17, 15) is 0 Å². The van der Waals surface area contributed by atoms with Crippen molar-refractivity contribution in [3.63, 3.8) is 0 Å². The molecular weight excluding hydrogens is 384 g/mol. The lowest BCUT2D eigenvalue weighted by Crippen LogP contribution is -2.42. The Bertz CT molecular complexity index is 756. The van der Waals surface area contributed by atoms with E-state index in [-0.39, 0.29) is 0 Å². The molecule has 6 heteroatoms. The average Bonchev–Trinajstić information content (AvgIpc) is 3.13. The van der Waals surface area contributed by atoms with Crippen LogP contribution in [-0.2, 0) is 6.42 Å². The highest BCUT2D eigenvalue weighted by Gasteiger charge is 2.10. The van der Waals surface area contributed by atoms with Crippen LogP contribution in [0.2, 0.25) is 0 Å². The van der Waals surface area contributed by atoms with E-state index in [4.69, 9.17) is 5.26 Å². The second-order valence-corrected chi connectivity index (χ2v) is 7.29. The van der Waals surface area contributed by atoms with Gasteiger partial charge in [-0.25, -0.2) is 5.26 Å². The number of aromatic nitrogens is 1. The number of nitrogens with one attached hydrogen (secondary N) is 4. The van der Waals surface area contributed by atoms with Crippen molar-refractivity contribution in [1.82, 2.24) is 25.8 Å². The predicted molar refractivity (Wildman–Crippen MR) is 136 cm³/mol. The number of rotatable bonds is 7. The van der Waals surface area contributed by atoms with Gasteiger partial charge in [-0.3, -0.25) is 0 Å². The van der Waals surface area contributed by atoms with Crippen LogP contribution < -0.4 is 16.0 Å². The van der Waals surface area contributed by atoms with Gasteiger partial charge in [-0.1, -0.05) is 32.1 Å². The van der Waals surface area contributed by atoms with Gasteiger partial charge in [0.25, 0.3) is 0 Å². The van der Waals surface area contributed by atoms with Crippen molar-refractivity contribution < 1.29 is 0 Å². The third kappa shape index (κ3) is 10.0. The highest BCUT2D eigenvalue weighted by molar-refractivity contribution is 5.85. The fourth-order valence-corrected chi connectivity index (χ4v) is 3.48. The number of benzene rings is 1. The maximum absolute atomic E-state index is 6.50. The SMILES string of the molecule is C#N.C=C(CCNC)N1CCNCC1.CC.CNCCc1c(C)[nH]c2ccc(C)cc12. The molecule has 0 aliphatic carbocycles. The first-order chi connectivity index (χ1) is 15.1. The van der Waals surface area contributed by atoms with E-state index in [0.29, 0.717) is 0 Å². The maximum atomic E-state index is 6.50. The monoisotopic (exact) mass is 428 g/mol. The zero-order chi connectivity index (χ0) is 23.6. The van der Waals surface area contributed by atoms with E-state index in [0.717, 1.165) is 52.1 Å². The molecular formula is C25H44N6. The number of piperazine rings is 1. The second-order valence-electron chi connectivity index (χ2n) is 7.29. The molecule has 0 saturated carbocycles. The molecule has 0 bridgehead atoms. The zero-order valence-electron chi connectivity index (χ0n) is 20.6. The van der Waals surface area contributed by atoms with Crippen molar-refractivity contribution in [2.24, 2.45) is 0 Å². The zero-order valence-corrected chi connectivity index (χ0v) is 20.6. The van der Waals surface area contributed by atoms with Gasteiger partial charge in [0.2, 0.25) is 0 Å². The Kier molecular flexibility index (Phi) is 16.1. The van der Waals surface area contributed by atoms with Gasteiger partial charge in [0.15, 0.2) is 0 Å². The highest BCUT2D eigenvalue weighted by atomic mass is 15.2. The molecule has 1 fully saturated rings. The van der Waals surface area contributed by atoms with E-state index in [1.54, 1.807) is 0 Å². The molecule has 1 aliphatic heterocycles. The molecule has 0 amide bonds. The molecule has 31 heavy (non-hydrogen) atoms. The Morgan fingerprint density at radius 2 is 1.71 bits per heavy atom. The van der Waals surface area contributed by atoms with Gasteiger partial charge in [0, 0.05) is 61.6 Å². The van der Waals surface area contributed by atoms with Crippen LogP contribution in [0, 0.1) is 25.7 Å². The van der Waals surface area contributed by atoms with Crippen LogP contribution in [0.3, 0.4) is 0 Å². The Labute approximate surface area is 190 Å². The van der Waals surface area contributed by atoms with Crippen LogP contribution >= 0.6 is 0 Å². The van der Waals surface area contributed by atoms with Gasteiger partial charge < -0.3 is 25.8 Å². The Morgan fingerprint density at radius 3 is 2.29 bits per heavy atom. The molecule has 3 rings (SSSR count). The fraction of sp³-hybridized carbons (Fsp3) is 0.560. The molecule has 1 aromatic heterocycles. The summed E-state index contributed by atoms with van der Waals surface area (Å²) in [6.45, 7) is 22.3. The van der Waals surface area contributed by atoms with Crippen molar-refractivity contribution in [2.75, 3.05) is 53.4 Å². The Morgan fingerprint density at radius 1 is 1.10 bits per heavy atom. The molecule has 0 spiro atoms. The quantitative estimate of drug-likeness (QED) is 0.540. The standard InChI is InChI=1S/C13H18N2.C9H19N3.C2H6.CHN/c1-9-4-5-13-12(8-9)11(6-7-14-3)10(2)15-13;1-9(3-4-10-2)12-7-5-11-6-8-12;2*1-2/h4-5,8,14-15H,6-7H2,1-3H3;10-11H,1,3-8H2,2H3;1-2H3;1H. The number of H-pyrrole nitrogens is 1. The summed E-state index contributed by atoms with van der Waals surface area (Å²) in [6, 6.07) is 6.59. The van der Waals surface area contributed by atoms with Crippen molar-refractivity contribution in [3.05, 3.63) is 47.3 Å². The van der Waals surface area contributed by atoms with Crippen LogP contribution in [0.25, 0.3) is 10.9 Å². The largest absolute Gasteiger partial charge is 0.373 e. The topological polar surface area (TPSA) is 78.9 Å². The normalized spacial score (nSPS) is 12.6. The summed E-state index contributed by atoms with van der Waals surface area (Å²) in [7, 11) is 3.97. The van der Waals surface area contributed by atoms with Crippen molar-refractivity contribution >= 4 is 10.9 Å². The molecule has 1 aromatic carbocycles. The number of likely N-dealkylation sites (N-methyl/N-ethyl adjacent to an activating group) is 1. The lowest BCUT2D eigenvalue weighted by atomic mass is 10.1. The molecule has 174 valence electrons. The van der Waals surface area contributed by atoms with Gasteiger partial charge in [-0.05, 0) is 65.0 Å². The molecule has 1 aliphatic rings. The minimum Gasteiger partial charge on any atom is -0.373 e. The molecule has 1 saturated heterocycles. The number of nitriles is 1. The lowest BCUT2D eigenvalue weighted by molar-refractivity contribution is 0.291. The van der Waals surface area contributed by atoms with Crippen molar-refractivity contribution in [3.8, 4) is 6.57 Å². The maximum Gasteiger partial charge on any atom is 0.0462 e. The van der Waals surface area contributed by atoms with E-state index in [2.05, 4.69) is 71.0 Å². The van der Waals surface area contributed by atoms with Gasteiger partial charge in [0.05, 0.1) is 0 Å². The summed E-state index contributed by atoms with van der Waals surface area (Å²) in [5.74, 6) is 0. The van der Waals surface area contributed by atoms with Gasteiger partial charge in [-0.15, -0.1) is 0 Å². The highest BCUT2D eigenvalue weighted by Crippen LogP contribution is 2.23. The summed E-state index contributed by atoms with van der Waals surface area (Å²) in [4.78, 5) is 5.80. The number of aryl methyl sites for hydroxylation is 2. The van der Waals surface area contributed by atoms with Gasteiger partial charge >= 0.3 is 0 Å². The third-order valence-electron chi connectivity index (χ3n) is 5.13. The molecule has 0 radical (unpaired) electrons. The van der Waals surface area contributed by atoms with Crippen LogP contribution in [0.5, 0.6) is 0 Å². The van der Waals surface area contributed by atoms with Gasteiger partial charge in [-0.2, -0.15) is 0 Å². The number of nitrogens with zero attached hydrogens (tertiary/aromatic N) is 2. The van der Waals surface area contributed by atoms with Crippen LogP contribution in [-0.4, -0.2) is 63.2 Å². The summed E-state index contributed by atoms with van der Waals surface area (Å²) in [6.07, 6.45) is 2.16. The summed E-state index contributed by atoms with van der Waals surface area (Å²) >= 11 is 0. The molecule has 2 heterocycles. The molecule has 2 aromatic rings. The molecule has 6 nitrogen and oxygen atoms in total. The summed E-state index contributed by atoms with van der Waals surface area (Å²) in [5.41, 5.74) is 6.59. The minimum atomic E-state index is 1.03. The average molecular weight is 429 g/mol. The second kappa shape index (κ2) is 17.4. The van der Waals surface area contributed by atoms with E-state index in [1.807, 2.05) is 27.9 Å². The number of hydrogen-bond donors (Lipinski definition) is 4. The fourth-order valence-electron chi connectivity index (χ4n) is 3.48. The lowest BCUT2D eigenvalue weighted by Gasteiger charge is -2.31. The minimum absolute atomic E-state index is 1.03.